The van der Waals surface area contributed by atoms with E-state index in [2.05, 4.69) is 35.3 Å². The average Bonchev–Trinajstić information content (AvgIpc) is 3.02. The molecule has 0 aliphatic carbocycles. The first-order chi connectivity index (χ1) is 9.63. The summed E-state index contributed by atoms with van der Waals surface area (Å²) in [6.07, 6.45) is 4.47. The Kier molecular flexibility index (Phi) is 3.81. The fourth-order valence-corrected chi connectivity index (χ4v) is 3.59. The van der Waals surface area contributed by atoms with Crippen molar-refractivity contribution in [3.8, 4) is 0 Å². The molecule has 2 aliphatic rings. The maximum absolute atomic E-state index is 11.7. The van der Waals surface area contributed by atoms with Crippen LogP contribution in [0.1, 0.15) is 24.0 Å². The molecule has 0 saturated carbocycles. The zero-order valence-corrected chi connectivity index (χ0v) is 12.9. The topological polar surface area (TPSA) is 32.3 Å². The number of thioether (sulfide) groups is 1. The predicted octanol–water partition coefficient (Wildman–Crippen LogP) is 3.08. The lowest BCUT2D eigenvalue weighted by Crippen LogP contribution is -2.18. The van der Waals surface area contributed by atoms with E-state index in [4.69, 9.17) is 12.2 Å². The van der Waals surface area contributed by atoms with Crippen LogP contribution in [0.4, 0.5) is 5.69 Å². The van der Waals surface area contributed by atoms with Gasteiger partial charge in [-0.25, -0.2) is 0 Å². The van der Waals surface area contributed by atoms with E-state index < -0.39 is 0 Å². The minimum Gasteiger partial charge on any atom is -0.372 e. The van der Waals surface area contributed by atoms with Gasteiger partial charge in [-0.3, -0.25) is 4.79 Å². The molecule has 3 nitrogen and oxygen atoms in total. The van der Waals surface area contributed by atoms with Crippen molar-refractivity contribution in [3.05, 3.63) is 34.2 Å². The number of anilines is 1. The van der Waals surface area contributed by atoms with Crippen LogP contribution in [-0.4, -0.2) is 23.3 Å². The molecule has 1 aromatic rings. The monoisotopic (exact) mass is 304 g/mol. The van der Waals surface area contributed by atoms with Gasteiger partial charge in [-0.15, -0.1) is 0 Å². The molecule has 0 bridgehead atoms. The lowest BCUT2D eigenvalue weighted by Gasteiger charge is -2.18. The summed E-state index contributed by atoms with van der Waals surface area (Å²) in [6, 6.07) is 6.43. The third kappa shape index (κ3) is 2.74. The highest BCUT2D eigenvalue weighted by atomic mass is 32.2. The van der Waals surface area contributed by atoms with E-state index in [-0.39, 0.29) is 5.91 Å². The van der Waals surface area contributed by atoms with Gasteiger partial charge in [-0.2, -0.15) is 0 Å². The molecule has 0 aromatic heterocycles. The maximum Gasteiger partial charge on any atom is 0.263 e. The Bertz CT molecular complexity index is 604. The second-order valence-electron chi connectivity index (χ2n) is 5.09. The van der Waals surface area contributed by atoms with Gasteiger partial charge in [0, 0.05) is 18.8 Å². The highest BCUT2D eigenvalue weighted by Gasteiger charge is 2.22. The van der Waals surface area contributed by atoms with Crippen LogP contribution in [0.2, 0.25) is 0 Å². The highest BCUT2D eigenvalue weighted by molar-refractivity contribution is 8.26. The Morgan fingerprint density at radius 3 is 2.70 bits per heavy atom. The largest absolute Gasteiger partial charge is 0.372 e. The molecule has 1 amide bonds. The molecule has 0 radical (unpaired) electrons. The van der Waals surface area contributed by atoms with Crippen molar-refractivity contribution in [2.45, 2.75) is 19.8 Å². The molecule has 104 valence electrons. The van der Waals surface area contributed by atoms with E-state index in [0.29, 0.717) is 9.23 Å². The summed E-state index contributed by atoms with van der Waals surface area (Å²) in [5.74, 6) is -0.0944. The quantitative estimate of drug-likeness (QED) is 0.672. The normalized spacial score (nSPS) is 20.9. The molecular formula is C15H16N2OS2. The number of amides is 1. The van der Waals surface area contributed by atoms with Gasteiger partial charge < -0.3 is 10.2 Å². The van der Waals surface area contributed by atoms with Gasteiger partial charge in [-0.05, 0) is 49.1 Å². The van der Waals surface area contributed by atoms with Crippen LogP contribution < -0.4 is 10.2 Å². The van der Waals surface area contributed by atoms with Crippen molar-refractivity contribution in [3.63, 3.8) is 0 Å². The van der Waals surface area contributed by atoms with Crippen LogP contribution in [0.3, 0.4) is 0 Å². The van der Waals surface area contributed by atoms with Crippen LogP contribution >= 0.6 is 24.0 Å². The van der Waals surface area contributed by atoms with E-state index in [1.54, 1.807) is 0 Å². The summed E-state index contributed by atoms with van der Waals surface area (Å²) in [6.45, 7) is 4.38. The van der Waals surface area contributed by atoms with Crippen molar-refractivity contribution in [2.75, 3.05) is 18.0 Å². The third-order valence-electron chi connectivity index (χ3n) is 3.65. The molecule has 0 spiro atoms. The predicted molar refractivity (Wildman–Crippen MR) is 88.9 cm³/mol. The summed E-state index contributed by atoms with van der Waals surface area (Å²) in [7, 11) is 0. The first-order valence-electron chi connectivity index (χ1n) is 6.74. The summed E-state index contributed by atoms with van der Waals surface area (Å²) < 4.78 is 0.535. The molecule has 1 N–H and O–H groups in total. The number of hydrogen-bond donors (Lipinski definition) is 1. The van der Waals surface area contributed by atoms with Gasteiger partial charge >= 0.3 is 0 Å². The lowest BCUT2D eigenvalue weighted by atomic mass is 10.1. The van der Waals surface area contributed by atoms with Gasteiger partial charge in [0.1, 0.15) is 4.32 Å². The molecule has 0 unspecified atom stereocenters. The number of hydrogen-bond acceptors (Lipinski definition) is 4. The first kappa shape index (κ1) is 13.6. The van der Waals surface area contributed by atoms with E-state index in [0.717, 1.165) is 18.7 Å². The zero-order chi connectivity index (χ0) is 14.1. The number of rotatable bonds is 2. The SMILES string of the molecule is Cc1cc(N2CCCC2)ccc1/C=C1/SC(=S)NC1=O. The second-order valence-corrected chi connectivity index (χ2v) is 6.81. The van der Waals surface area contributed by atoms with Crippen LogP contribution in [-0.2, 0) is 4.79 Å². The van der Waals surface area contributed by atoms with E-state index in [9.17, 15) is 4.79 Å². The van der Waals surface area contributed by atoms with Gasteiger partial charge in [0.25, 0.3) is 5.91 Å². The lowest BCUT2D eigenvalue weighted by molar-refractivity contribution is -0.115. The Morgan fingerprint density at radius 2 is 2.10 bits per heavy atom. The summed E-state index contributed by atoms with van der Waals surface area (Å²) in [4.78, 5) is 14.8. The highest BCUT2D eigenvalue weighted by Crippen LogP contribution is 2.29. The summed E-state index contributed by atoms with van der Waals surface area (Å²) in [5, 5.41) is 2.64. The van der Waals surface area contributed by atoms with Crippen molar-refractivity contribution < 1.29 is 4.79 Å². The Labute approximate surface area is 128 Å². The van der Waals surface area contributed by atoms with Crippen LogP contribution in [0.25, 0.3) is 6.08 Å². The average molecular weight is 304 g/mol. The standard InChI is InChI=1S/C15H16N2OS2/c1-10-8-12(17-6-2-3-7-17)5-4-11(10)9-13-14(18)16-15(19)20-13/h4-5,8-9H,2-3,6-7H2,1H3,(H,16,18,19)/b13-9+. The molecule has 20 heavy (non-hydrogen) atoms. The van der Waals surface area contributed by atoms with E-state index >= 15 is 0 Å². The van der Waals surface area contributed by atoms with Gasteiger partial charge in [0.15, 0.2) is 0 Å². The van der Waals surface area contributed by atoms with E-state index in [1.807, 2.05) is 6.08 Å². The molecule has 5 heteroatoms. The number of carbonyl (C=O) groups is 1. The van der Waals surface area contributed by atoms with Gasteiger partial charge in [0.2, 0.25) is 0 Å². The van der Waals surface area contributed by atoms with E-state index in [1.165, 1.54) is 35.9 Å². The van der Waals surface area contributed by atoms with Crippen LogP contribution in [0.15, 0.2) is 23.1 Å². The Morgan fingerprint density at radius 1 is 1.35 bits per heavy atom. The van der Waals surface area contributed by atoms with Gasteiger partial charge in [-0.1, -0.05) is 30.0 Å². The Balaban J connectivity index is 1.86. The number of nitrogens with zero attached hydrogens (tertiary/aromatic N) is 1. The number of aryl methyl sites for hydroxylation is 1. The minimum atomic E-state index is -0.0944. The molecule has 3 rings (SSSR count). The smallest absolute Gasteiger partial charge is 0.263 e. The number of benzene rings is 1. The molecular weight excluding hydrogens is 288 g/mol. The van der Waals surface area contributed by atoms with Crippen molar-refractivity contribution >= 4 is 46.0 Å². The summed E-state index contributed by atoms with van der Waals surface area (Å²) >= 11 is 6.33. The third-order valence-corrected chi connectivity index (χ3v) is 4.82. The molecule has 2 heterocycles. The molecule has 2 aliphatic heterocycles. The number of carbonyl (C=O) groups excluding carboxylic acids is 1. The fraction of sp³-hybridized carbons (Fsp3) is 0.333. The van der Waals surface area contributed by atoms with Crippen molar-refractivity contribution in [1.29, 1.82) is 0 Å². The summed E-state index contributed by atoms with van der Waals surface area (Å²) in [5.41, 5.74) is 3.55. The Hall–Kier alpha value is -1.33. The molecule has 0 atom stereocenters. The van der Waals surface area contributed by atoms with Crippen LogP contribution in [0.5, 0.6) is 0 Å². The molecule has 2 saturated heterocycles. The van der Waals surface area contributed by atoms with Gasteiger partial charge in [0.05, 0.1) is 4.91 Å². The number of thiocarbonyl (C=S) groups is 1. The van der Waals surface area contributed by atoms with Crippen molar-refractivity contribution in [2.24, 2.45) is 0 Å². The number of nitrogens with one attached hydrogen (secondary N) is 1. The minimum absolute atomic E-state index is 0.0944. The van der Waals surface area contributed by atoms with Crippen molar-refractivity contribution in [1.82, 2.24) is 5.32 Å². The van der Waals surface area contributed by atoms with Crippen LogP contribution in [0, 0.1) is 6.92 Å². The first-order valence-corrected chi connectivity index (χ1v) is 7.96. The second kappa shape index (κ2) is 5.58. The molecule has 2 fully saturated rings. The fourth-order valence-electron chi connectivity index (χ4n) is 2.56. The molecule has 1 aromatic carbocycles. The maximum atomic E-state index is 11.7. The zero-order valence-electron chi connectivity index (χ0n) is 11.3.